The Labute approximate surface area is 151 Å². The lowest BCUT2D eigenvalue weighted by atomic mass is 9.84. The number of halogens is 1. The van der Waals surface area contributed by atoms with Gasteiger partial charge in [0.1, 0.15) is 11.4 Å². The number of nitrogens with zero attached hydrogens (tertiary/aromatic N) is 2. The summed E-state index contributed by atoms with van der Waals surface area (Å²) in [6.45, 7) is 12.9. The molecule has 130 valence electrons. The van der Waals surface area contributed by atoms with Crippen LogP contribution in [0.15, 0.2) is 22.7 Å². The summed E-state index contributed by atoms with van der Waals surface area (Å²) in [7, 11) is 0. The molecule has 0 unspecified atom stereocenters. The molecule has 2 aliphatic heterocycles. The van der Waals surface area contributed by atoms with E-state index in [1.54, 1.807) is 4.90 Å². The molecular formula is C18H24BrN3O2. The van der Waals surface area contributed by atoms with Crippen LogP contribution >= 0.6 is 15.9 Å². The maximum absolute atomic E-state index is 12.4. The molecular weight excluding hydrogens is 370 g/mol. The van der Waals surface area contributed by atoms with Crippen molar-refractivity contribution in [3.63, 3.8) is 0 Å². The molecule has 6 heteroatoms. The van der Waals surface area contributed by atoms with E-state index >= 15 is 0 Å². The van der Waals surface area contributed by atoms with Gasteiger partial charge in [-0.25, -0.2) is 9.78 Å². The number of carbonyl (C=O) groups excluding carboxylic acids is 1. The zero-order valence-corrected chi connectivity index (χ0v) is 16.3. The average Bonchev–Trinajstić information content (AvgIpc) is 2.76. The van der Waals surface area contributed by atoms with Gasteiger partial charge in [-0.15, -0.1) is 0 Å². The average molecular weight is 394 g/mol. The zero-order valence-electron chi connectivity index (χ0n) is 14.7. The fourth-order valence-corrected chi connectivity index (χ4v) is 3.63. The largest absolute Gasteiger partial charge is 0.444 e. The number of likely N-dealkylation sites (tertiary alicyclic amines) is 1. The van der Waals surface area contributed by atoms with E-state index in [9.17, 15) is 4.79 Å². The van der Waals surface area contributed by atoms with Gasteiger partial charge in [0, 0.05) is 11.0 Å². The van der Waals surface area contributed by atoms with E-state index in [2.05, 4.69) is 38.9 Å². The number of ether oxygens (including phenoxy) is 1. The van der Waals surface area contributed by atoms with E-state index in [4.69, 9.17) is 4.74 Å². The Hall–Kier alpha value is -1.56. The summed E-state index contributed by atoms with van der Waals surface area (Å²) >= 11 is 3.54. The molecule has 3 rings (SSSR count). The predicted octanol–water partition coefficient (Wildman–Crippen LogP) is 4.06. The lowest BCUT2D eigenvalue weighted by molar-refractivity contribution is 0.0287. The topological polar surface area (TPSA) is 54.5 Å². The van der Waals surface area contributed by atoms with Crippen LogP contribution in [-0.4, -0.2) is 40.2 Å². The zero-order chi connectivity index (χ0) is 17.7. The van der Waals surface area contributed by atoms with Crippen molar-refractivity contribution < 1.29 is 9.53 Å². The Kier molecular flexibility index (Phi) is 4.14. The summed E-state index contributed by atoms with van der Waals surface area (Å²) in [6, 6.07) is 2.13. The van der Waals surface area contributed by atoms with Crippen LogP contribution in [0.2, 0.25) is 0 Å². The van der Waals surface area contributed by atoms with Crippen LogP contribution in [-0.2, 0) is 11.2 Å². The van der Waals surface area contributed by atoms with Crippen molar-refractivity contribution in [3.05, 3.63) is 33.9 Å². The summed E-state index contributed by atoms with van der Waals surface area (Å²) < 4.78 is 6.53. The van der Waals surface area contributed by atoms with Gasteiger partial charge in [-0.1, -0.05) is 6.58 Å². The lowest BCUT2D eigenvalue weighted by Crippen LogP contribution is -2.47. The van der Waals surface area contributed by atoms with Crippen LogP contribution in [0.5, 0.6) is 0 Å². The van der Waals surface area contributed by atoms with Gasteiger partial charge in [-0.3, -0.25) is 0 Å². The molecule has 0 aromatic carbocycles. The quantitative estimate of drug-likeness (QED) is 0.675. The molecule has 1 aromatic heterocycles. The minimum absolute atomic E-state index is 0.284. The highest BCUT2D eigenvalue weighted by Crippen LogP contribution is 2.39. The van der Waals surface area contributed by atoms with Gasteiger partial charge < -0.3 is 15.0 Å². The minimum atomic E-state index is -0.494. The molecule has 0 saturated carbocycles. The molecule has 0 bridgehead atoms. The number of pyridine rings is 1. The molecule has 0 aliphatic carbocycles. The van der Waals surface area contributed by atoms with E-state index in [1.165, 1.54) is 5.56 Å². The van der Waals surface area contributed by atoms with Gasteiger partial charge >= 0.3 is 6.09 Å². The highest BCUT2D eigenvalue weighted by Gasteiger charge is 2.46. The molecule has 24 heavy (non-hydrogen) atoms. The van der Waals surface area contributed by atoms with Crippen LogP contribution in [0.1, 0.15) is 38.4 Å². The first-order valence-corrected chi connectivity index (χ1v) is 8.99. The maximum Gasteiger partial charge on any atom is 0.410 e. The fourth-order valence-electron chi connectivity index (χ4n) is 3.27. The van der Waals surface area contributed by atoms with E-state index in [0.717, 1.165) is 34.4 Å². The van der Waals surface area contributed by atoms with Crippen molar-refractivity contribution in [2.75, 3.05) is 18.4 Å². The van der Waals surface area contributed by atoms with Crippen molar-refractivity contribution in [2.24, 2.45) is 0 Å². The molecule has 1 fully saturated rings. The standard InChI is InChI=1S/C18H24BrN3O2/c1-11-9-22(16(23)24-17(3,4)5)10-18(11)7-6-13-8-14(19)12(2)20-15(13)21-18/h8H,1,6-7,9-10H2,2-5H3,(H,20,21)/t18-/m1/s1. The Morgan fingerprint density at radius 1 is 1.50 bits per heavy atom. The summed E-state index contributed by atoms with van der Waals surface area (Å²) in [5.41, 5.74) is 2.36. The van der Waals surface area contributed by atoms with E-state index in [0.29, 0.717) is 13.1 Å². The molecule has 0 radical (unpaired) electrons. The predicted molar refractivity (Wildman–Crippen MR) is 98.3 cm³/mol. The number of anilines is 1. The maximum atomic E-state index is 12.4. The Bertz CT molecular complexity index is 711. The second-order valence-corrected chi connectivity index (χ2v) is 8.56. The number of fused-ring (bicyclic) bond motifs is 1. The van der Waals surface area contributed by atoms with Crippen molar-refractivity contribution >= 4 is 27.8 Å². The summed E-state index contributed by atoms with van der Waals surface area (Å²) in [6.07, 6.45) is 1.53. The van der Waals surface area contributed by atoms with Gasteiger partial charge in [-0.05, 0) is 73.7 Å². The monoisotopic (exact) mass is 393 g/mol. The molecule has 2 aliphatic rings. The molecule has 3 heterocycles. The first-order chi connectivity index (χ1) is 11.1. The number of hydrogen-bond donors (Lipinski definition) is 1. The molecule has 5 nitrogen and oxygen atoms in total. The highest BCUT2D eigenvalue weighted by atomic mass is 79.9. The molecule has 1 atom stereocenters. The Morgan fingerprint density at radius 3 is 2.88 bits per heavy atom. The first-order valence-electron chi connectivity index (χ1n) is 8.20. The molecule has 1 amide bonds. The fraction of sp³-hybridized carbons (Fsp3) is 0.556. The Morgan fingerprint density at radius 2 is 2.21 bits per heavy atom. The normalized spacial score (nSPS) is 23.2. The highest BCUT2D eigenvalue weighted by molar-refractivity contribution is 9.10. The SMILES string of the molecule is C=C1CN(C(=O)OC(C)(C)C)C[C@]12CCc1cc(Br)c(C)nc1N2. The smallest absolute Gasteiger partial charge is 0.410 e. The van der Waals surface area contributed by atoms with E-state index in [1.807, 2.05) is 27.7 Å². The summed E-state index contributed by atoms with van der Waals surface area (Å²) in [5, 5.41) is 3.56. The summed E-state index contributed by atoms with van der Waals surface area (Å²) in [4.78, 5) is 18.8. The van der Waals surface area contributed by atoms with Crippen molar-refractivity contribution in [1.82, 2.24) is 9.88 Å². The number of amides is 1. The number of aromatic nitrogens is 1. The lowest BCUT2D eigenvalue weighted by Gasteiger charge is -2.37. The van der Waals surface area contributed by atoms with Crippen LogP contribution in [0.3, 0.4) is 0 Å². The Balaban J connectivity index is 1.81. The molecule has 1 spiro atoms. The van der Waals surface area contributed by atoms with E-state index in [-0.39, 0.29) is 11.6 Å². The third-order valence-electron chi connectivity index (χ3n) is 4.58. The minimum Gasteiger partial charge on any atom is -0.444 e. The van der Waals surface area contributed by atoms with Crippen molar-refractivity contribution in [2.45, 2.75) is 51.7 Å². The van der Waals surface area contributed by atoms with Crippen molar-refractivity contribution in [3.8, 4) is 0 Å². The number of rotatable bonds is 0. The second-order valence-electron chi connectivity index (χ2n) is 7.71. The number of carbonyl (C=O) groups is 1. The second kappa shape index (κ2) is 5.76. The van der Waals surface area contributed by atoms with Crippen LogP contribution in [0.25, 0.3) is 0 Å². The third-order valence-corrected chi connectivity index (χ3v) is 5.38. The van der Waals surface area contributed by atoms with Gasteiger partial charge in [0.05, 0.1) is 17.8 Å². The molecule has 1 N–H and O–H groups in total. The van der Waals surface area contributed by atoms with Crippen LogP contribution < -0.4 is 5.32 Å². The van der Waals surface area contributed by atoms with Gasteiger partial charge in [-0.2, -0.15) is 0 Å². The van der Waals surface area contributed by atoms with Gasteiger partial charge in [0.15, 0.2) is 0 Å². The molecule has 1 saturated heterocycles. The van der Waals surface area contributed by atoms with Gasteiger partial charge in [0.2, 0.25) is 0 Å². The third kappa shape index (κ3) is 3.16. The number of nitrogens with one attached hydrogen (secondary N) is 1. The van der Waals surface area contributed by atoms with Crippen LogP contribution in [0, 0.1) is 6.92 Å². The first kappa shape index (κ1) is 17.3. The number of aryl methyl sites for hydroxylation is 2. The van der Waals surface area contributed by atoms with Crippen molar-refractivity contribution in [1.29, 1.82) is 0 Å². The van der Waals surface area contributed by atoms with Gasteiger partial charge in [0.25, 0.3) is 0 Å². The van der Waals surface area contributed by atoms with Crippen LogP contribution in [0.4, 0.5) is 10.6 Å². The number of hydrogen-bond acceptors (Lipinski definition) is 4. The molecule has 1 aromatic rings. The summed E-state index contributed by atoms with van der Waals surface area (Å²) in [5.74, 6) is 0.897. The van der Waals surface area contributed by atoms with E-state index < -0.39 is 5.60 Å².